The summed E-state index contributed by atoms with van der Waals surface area (Å²) in [6.45, 7) is 4.68. The third-order valence-corrected chi connectivity index (χ3v) is 1.56. The third kappa shape index (κ3) is 7.98. The molecule has 54 valence electrons. The topological polar surface area (TPSA) is 29.1 Å². The zero-order valence-corrected chi connectivity index (χ0v) is 6.75. The van der Waals surface area contributed by atoms with E-state index in [-0.39, 0.29) is 5.12 Å². The monoisotopic (exact) mass is 147 g/mol. The van der Waals surface area contributed by atoms with Gasteiger partial charge in [-0.15, -0.1) is 0 Å². The molecule has 0 aromatic rings. The van der Waals surface area contributed by atoms with Crippen LogP contribution in [0.3, 0.4) is 0 Å². The first-order chi connectivity index (χ1) is 4.27. The summed E-state index contributed by atoms with van der Waals surface area (Å²) in [5.41, 5.74) is 0. The predicted octanol–water partition coefficient (Wildman–Crippen LogP) is 1.22. The van der Waals surface area contributed by atoms with Gasteiger partial charge in [-0.25, -0.2) is 0 Å². The minimum Gasteiger partial charge on any atom is -0.308 e. The fourth-order valence-corrected chi connectivity index (χ4v) is 0.851. The molecule has 0 saturated carbocycles. The molecule has 0 radical (unpaired) electrons. The van der Waals surface area contributed by atoms with E-state index in [2.05, 4.69) is 12.2 Å². The summed E-state index contributed by atoms with van der Waals surface area (Å²) < 4.78 is 0. The van der Waals surface area contributed by atoms with E-state index < -0.39 is 0 Å². The van der Waals surface area contributed by atoms with Crippen LogP contribution in [0.2, 0.25) is 0 Å². The molecule has 2 nitrogen and oxygen atoms in total. The van der Waals surface area contributed by atoms with Crippen molar-refractivity contribution in [1.82, 2.24) is 5.32 Å². The van der Waals surface area contributed by atoms with E-state index in [1.165, 1.54) is 11.8 Å². The average Bonchev–Trinajstić information content (AvgIpc) is 1.80. The van der Waals surface area contributed by atoms with Crippen molar-refractivity contribution in [2.24, 2.45) is 0 Å². The van der Waals surface area contributed by atoms with Crippen LogP contribution in [0.15, 0.2) is 0 Å². The van der Waals surface area contributed by atoms with E-state index in [1.54, 1.807) is 6.92 Å². The number of hydrogen-bond acceptors (Lipinski definition) is 3. The van der Waals surface area contributed by atoms with Gasteiger partial charge in [-0.05, 0) is 13.0 Å². The molecular formula is C6H13NOS. The Morgan fingerprint density at radius 1 is 1.67 bits per heavy atom. The Morgan fingerprint density at radius 3 is 2.78 bits per heavy atom. The summed E-state index contributed by atoms with van der Waals surface area (Å²) in [7, 11) is 0. The molecule has 0 aliphatic carbocycles. The third-order valence-electron chi connectivity index (χ3n) is 0.804. The zero-order valence-electron chi connectivity index (χ0n) is 5.94. The molecule has 0 bridgehead atoms. The molecule has 1 N–H and O–H groups in total. The highest BCUT2D eigenvalue weighted by molar-refractivity contribution is 8.13. The molecule has 0 atom stereocenters. The second-order valence-electron chi connectivity index (χ2n) is 1.78. The van der Waals surface area contributed by atoms with Gasteiger partial charge in [-0.3, -0.25) is 4.79 Å². The Morgan fingerprint density at radius 2 is 2.33 bits per heavy atom. The lowest BCUT2D eigenvalue weighted by Crippen LogP contribution is -2.14. The second-order valence-corrected chi connectivity index (χ2v) is 2.93. The van der Waals surface area contributed by atoms with E-state index in [9.17, 15) is 4.79 Å². The van der Waals surface area contributed by atoms with Crippen molar-refractivity contribution in [2.75, 3.05) is 12.4 Å². The van der Waals surface area contributed by atoms with E-state index in [0.717, 1.165) is 18.8 Å². The van der Waals surface area contributed by atoms with Crippen molar-refractivity contribution >= 4 is 16.9 Å². The average molecular weight is 147 g/mol. The zero-order chi connectivity index (χ0) is 7.11. The predicted molar refractivity (Wildman–Crippen MR) is 41.4 cm³/mol. The molecule has 0 saturated heterocycles. The summed E-state index contributed by atoms with van der Waals surface area (Å²) in [5.74, 6) is 0.753. The van der Waals surface area contributed by atoms with Crippen LogP contribution in [0.5, 0.6) is 0 Å². The SMILES string of the molecule is CCCNCSC(C)=O. The standard InChI is InChI=1S/C6H13NOS/c1-3-4-7-5-9-6(2)8/h7H,3-5H2,1-2H3. The molecule has 0 fully saturated rings. The molecular weight excluding hydrogens is 134 g/mol. The highest BCUT2D eigenvalue weighted by Crippen LogP contribution is 1.96. The number of carbonyl (C=O) groups excluding carboxylic acids is 1. The lowest BCUT2D eigenvalue weighted by atomic mass is 10.5. The maximum absolute atomic E-state index is 10.3. The van der Waals surface area contributed by atoms with Crippen LogP contribution < -0.4 is 5.32 Å². The number of nitrogens with one attached hydrogen (secondary N) is 1. The van der Waals surface area contributed by atoms with Gasteiger partial charge in [0.2, 0.25) is 0 Å². The van der Waals surface area contributed by atoms with Gasteiger partial charge in [0.1, 0.15) is 0 Å². The normalized spacial score (nSPS) is 9.56. The van der Waals surface area contributed by atoms with Gasteiger partial charge in [0, 0.05) is 12.8 Å². The summed E-state index contributed by atoms with van der Waals surface area (Å²) in [6.07, 6.45) is 1.12. The fraction of sp³-hybridized carbons (Fsp3) is 0.833. The van der Waals surface area contributed by atoms with Crippen molar-refractivity contribution in [3.8, 4) is 0 Å². The maximum atomic E-state index is 10.3. The smallest absolute Gasteiger partial charge is 0.187 e. The minimum absolute atomic E-state index is 0.179. The van der Waals surface area contributed by atoms with Gasteiger partial charge in [-0.2, -0.15) is 0 Å². The van der Waals surface area contributed by atoms with Crippen molar-refractivity contribution in [1.29, 1.82) is 0 Å². The van der Waals surface area contributed by atoms with E-state index in [4.69, 9.17) is 0 Å². The van der Waals surface area contributed by atoms with Crippen LogP contribution in [0.1, 0.15) is 20.3 Å². The van der Waals surface area contributed by atoms with Crippen LogP contribution in [0.25, 0.3) is 0 Å². The largest absolute Gasteiger partial charge is 0.308 e. The van der Waals surface area contributed by atoms with Crippen LogP contribution in [-0.4, -0.2) is 17.5 Å². The quantitative estimate of drug-likeness (QED) is 0.479. The molecule has 0 amide bonds. The van der Waals surface area contributed by atoms with Crippen molar-refractivity contribution in [2.45, 2.75) is 20.3 Å². The van der Waals surface area contributed by atoms with E-state index in [0.29, 0.717) is 0 Å². The first-order valence-electron chi connectivity index (χ1n) is 3.11. The first kappa shape index (κ1) is 8.98. The van der Waals surface area contributed by atoms with E-state index in [1.807, 2.05) is 0 Å². The van der Waals surface area contributed by atoms with Crippen molar-refractivity contribution in [3.05, 3.63) is 0 Å². The van der Waals surface area contributed by atoms with Crippen LogP contribution in [-0.2, 0) is 4.79 Å². The number of rotatable bonds is 4. The number of thioether (sulfide) groups is 1. The highest BCUT2D eigenvalue weighted by atomic mass is 32.2. The molecule has 0 spiro atoms. The Bertz CT molecular complexity index is 85.1. The Hall–Kier alpha value is -0.0200. The Balaban J connectivity index is 2.83. The molecule has 0 aromatic heterocycles. The lowest BCUT2D eigenvalue weighted by Gasteiger charge is -1.97. The Labute approximate surface area is 60.4 Å². The lowest BCUT2D eigenvalue weighted by molar-refractivity contribution is -0.109. The molecule has 0 heterocycles. The molecule has 3 heteroatoms. The fourth-order valence-electron chi connectivity index (χ4n) is 0.402. The van der Waals surface area contributed by atoms with Crippen LogP contribution in [0.4, 0.5) is 0 Å². The number of hydrogen-bond donors (Lipinski definition) is 1. The first-order valence-corrected chi connectivity index (χ1v) is 4.10. The molecule has 0 aromatic carbocycles. The molecule has 0 unspecified atom stereocenters. The van der Waals surface area contributed by atoms with Crippen LogP contribution >= 0.6 is 11.8 Å². The van der Waals surface area contributed by atoms with E-state index >= 15 is 0 Å². The minimum atomic E-state index is 0.179. The van der Waals surface area contributed by atoms with Crippen molar-refractivity contribution in [3.63, 3.8) is 0 Å². The maximum Gasteiger partial charge on any atom is 0.187 e. The summed E-state index contributed by atoms with van der Waals surface area (Å²) >= 11 is 1.32. The van der Waals surface area contributed by atoms with Crippen LogP contribution in [0, 0.1) is 0 Å². The number of carbonyl (C=O) groups is 1. The van der Waals surface area contributed by atoms with Gasteiger partial charge in [0.05, 0.1) is 0 Å². The van der Waals surface area contributed by atoms with Gasteiger partial charge in [-0.1, -0.05) is 18.7 Å². The van der Waals surface area contributed by atoms with Gasteiger partial charge < -0.3 is 5.32 Å². The Kier molecular flexibility index (Phi) is 6.09. The molecule has 0 rings (SSSR count). The van der Waals surface area contributed by atoms with Gasteiger partial charge in [0.25, 0.3) is 0 Å². The van der Waals surface area contributed by atoms with Gasteiger partial charge in [0.15, 0.2) is 5.12 Å². The summed E-state index contributed by atoms with van der Waals surface area (Å²) in [5, 5.41) is 3.29. The van der Waals surface area contributed by atoms with Crippen molar-refractivity contribution < 1.29 is 4.79 Å². The highest BCUT2D eigenvalue weighted by Gasteiger charge is 1.90. The molecule has 9 heavy (non-hydrogen) atoms. The summed E-state index contributed by atoms with van der Waals surface area (Å²) in [6, 6.07) is 0. The molecule has 0 aliphatic rings. The second kappa shape index (κ2) is 6.11. The summed E-state index contributed by atoms with van der Waals surface area (Å²) in [4.78, 5) is 10.3. The van der Waals surface area contributed by atoms with Gasteiger partial charge >= 0.3 is 0 Å². The molecule has 0 aliphatic heterocycles.